The highest BCUT2D eigenvalue weighted by Gasteiger charge is 2.07. The van der Waals surface area contributed by atoms with Crippen molar-refractivity contribution >= 4 is 17.3 Å². The van der Waals surface area contributed by atoms with Gasteiger partial charge in [-0.15, -0.1) is 0 Å². The first-order valence-corrected chi connectivity index (χ1v) is 3.66. The van der Waals surface area contributed by atoms with Crippen molar-refractivity contribution in [3.05, 3.63) is 22.2 Å². The second-order valence-corrected chi connectivity index (χ2v) is 2.95. The van der Waals surface area contributed by atoms with Crippen molar-refractivity contribution in [3.63, 3.8) is 0 Å². The van der Waals surface area contributed by atoms with Crippen molar-refractivity contribution in [2.45, 2.75) is 13.8 Å². The first-order valence-electron chi connectivity index (χ1n) is 3.28. The third kappa shape index (κ3) is 1.26. The standard InChI is InChI=1S/C8H10ClNO/c1-4-3-6(10)5(2)8(11)7(4)9/h3,11H,10H2,1-2H3. The average molecular weight is 172 g/mol. The number of rotatable bonds is 0. The van der Waals surface area contributed by atoms with E-state index in [9.17, 15) is 5.11 Å². The zero-order chi connectivity index (χ0) is 8.59. The van der Waals surface area contributed by atoms with Gasteiger partial charge in [0.15, 0.2) is 0 Å². The largest absolute Gasteiger partial charge is 0.506 e. The van der Waals surface area contributed by atoms with Crippen LogP contribution in [0.5, 0.6) is 5.75 Å². The summed E-state index contributed by atoms with van der Waals surface area (Å²) < 4.78 is 0. The summed E-state index contributed by atoms with van der Waals surface area (Å²) in [6.45, 7) is 3.54. The number of aryl methyl sites for hydroxylation is 1. The van der Waals surface area contributed by atoms with Gasteiger partial charge in [0.2, 0.25) is 0 Å². The average Bonchev–Trinajstić information content (AvgIpc) is 1.97. The SMILES string of the molecule is Cc1cc(N)c(C)c(O)c1Cl. The molecule has 0 bridgehead atoms. The van der Waals surface area contributed by atoms with Crippen LogP contribution >= 0.6 is 11.6 Å². The summed E-state index contributed by atoms with van der Waals surface area (Å²) in [6.07, 6.45) is 0. The summed E-state index contributed by atoms with van der Waals surface area (Å²) >= 11 is 5.75. The second-order valence-electron chi connectivity index (χ2n) is 2.57. The maximum absolute atomic E-state index is 9.36. The summed E-state index contributed by atoms with van der Waals surface area (Å²) in [5.41, 5.74) is 7.58. The number of benzene rings is 1. The van der Waals surface area contributed by atoms with Crippen LogP contribution in [0.4, 0.5) is 5.69 Å². The molecule has 0 radical (unpaired) electrons. The maximum Gasteiger partial charge on any atom is 0.139 e. The predicted octanol–water partition coefficient (Wildman–Crippen LogP) is 2.24. The molecule has 0 aromatic heterocycles. The van der Waals surface area contributed by atoms with Gasteiger partial charge in [-0.2, -0.15) is 0 Å². The Kier molecular flexibility index (Phi) is 1.96. The minimum atomic E-state index is 0.0872. The van der Waals surface area contributed by atoms with Crippen LogP contribution in [0, 0.1) is 13.8 Å². The molecular weight excluding hydrogens is 162 g/mol. The smallest absolute Gasteiger partial charge is 0.139 e. The van der Waals surface area contributed by atoms with Gasteiger partial charge < -0.3 is 10.8 Å². The molecule has 0 saturated carbocycles. The molecule has 0 aliphatic rings. The second kappa shape index (κ2) is 2.62. The minimum absolute atomic E-state index is 0.0872. The molecule has 11 heavy (non-hydrogen) atoms. The first-order chi connectivity index (χ1) is 5.04. The lowest BCUT2D eigenvalue weighted by Crippen LogP contribution is -1.91. The number of hydrogen-bond donors (Lipinski definition) is 2. The molecule has 0 fully saturated rings. The summed E-state index contributed by atoms with van der Waals surface area (Å²) in [4.78, 5) is 0. The van der Waals surface area contributed by atoms with Crippen LogP contribution < -0.4 is 5.73 Å². The Morgan fingerprint density at radius 3 is 2.55 bits per heavy atom. The number of phenols is 1. The van der Waals surface area contributed by atoms with Crippen molar-refractivity contribution in [1.29, 1.82) is 0 Å². The number of hydrogen-bond acceptors (Lipinski definition) is 2. The number of phenolic OH excluding ortho intramolecular Hbond substituents is 1. The highest BCUT2D eigenvalue weighted by Crippen LogP contribution is 2.33. The number of nitrogen functional groups attached to an aromatic ring is 1. The number of halogens is 1. The van der Waals surface area contributed by atoms with E-state index in [0.29, 0.717) is 16.3 Å². The predicted molar refractivity (Wildman–Crippen MR) is 47.0 cm³/mol. The van der Waals surface area contributed by atoms with Gasteiger partial charge in [0, 0.05) is 11.3 Å². The van der Waals surface area contributed by atoms with E-state index in [1.807, 2.05) is 0 Å². The number of aromatic hydroxyl groups is 1. The molecule has 0 heterocycles. The molecule has 0 amide bonds. The van der Waals surface area contributed by atoms with Gasteiger partial charge in [-0.25, -0.2) is 0 Å². The molecule has 1 aromatic rings. The summed E-state index contributed by atoms with van der Waals surface area (Å²) in [5.74, 6) is 0.0872. The van der Waals surface area contributed by atoms with Crippen LogP contribution in [-0.2, 0) is 0 Å². The number of anilines is 1. The van der Waals surface area contributed by atoms with E-state index >= 15 is 0 Å². The normalized spacial score (nSPS) is 10.1. The topological polar surface area (TPSA) is 46.2 Å². The fraction of sp³-hybridized carbons (Fsp3) is 0.250. The Bertz CT molecular complexity index is 270. The van der Waals surface area contributed by atoms with Crippen molar-refractivity contribution in [1.82, 2.24) is 0 Å². The molecule has 1 aromatic carbocycles. The third-order valence-electron chi connectivity index (χ3n) is 1.71. The van der Waals surface area contributed by atoms with Crippen molar-refractivity contribution < 1.29 is 5.11 Å². The first kappa shape index (κ1) is 8.21. The molecule has 0 atom stereocenters. The molecule has 0 spiro atoms. The van der Waals surface area contributed by atoms with E-state index in [-0.39, 0.29) is 5.75 Å². The molecule has 3 N–H and O–H groups in total. The van der Waals surface area contributed by atoms with Crippen LogP contribution in [0.25, 0.3) is 0 Å². The molecule has 0 saturated heterocycles. The van der Waals surface area contributed by atoms with Crippen LogP contribution in [0.2, 0.25) is 5.02 Å². The monoisotopic (exact) mass is 171 g/mol. The van der Waals surface area contributed by atoms with E-state index < -0.39 is 0 Å². The molecule has 3 heteroatoms. The highest BCUT2D eigenvalue weighted by molar-refractivity contribution is 6.33. The van der Waals surface area contributed by atoms with Crippen LogP contribution in [0.3, 0.4) is 0 Å². The Hall–Kier alpha value is -0.890. The molecule has 0 unspecified atom stereocenters. The zero-order valence-electron chi connectivity index (χ0n) is 6.48. The van der Waals surface area contributed by atoms with E-state index in [0.717, 1.165) is 5.56 Å². The van der Waals surface area contributed by atoms with Gasteiger partial charge in [0.1, 0.15) is 5.75 Å². The Labute approximate surface area is 70.6 Å². The van der Waals surface area contributed by atoms with Gasteiger partial charge in [0.25, 0.3) is 0 Å². The van der Waals surface area contributed by atoms with E-state index in [1.165, 1.54) is 0 Å². The summed E-state index contributed by atoms with van der Waals surface area (Å²) in [7, 11) is 0. The Morgan fingerprint density at radius 2 is 2.00 bits per heavy atom. The molecule has 0 aliphatic carbocycles. The number of nitrogens with two attached hydrogens (primary N) is 1. The summed E-state index contributed by atoms with van der Waals surface area (Å²) in [6, 6.07) is 1.75. The van der Waals surface area contributed by atoms with Gasteiger partial charge in [0.05, 0.1) is 5.02 Å². The molecular formula is C8H10ClNO. The molecule has 1 rings (SSSR count). The van der Waals surface area contributed by atoms with Gasteiger partial charge in [-0.3, -0.25) is 0 Å². The van der Waals surface area contributed by atoms with Crippen LogP contribution in [0.1, 0.15) is 11.1 Å². The quantitative estimate of drug-likeness (QED) is 0.589. The van der Waals surface area contributed by atoms with E-state index in [2.05, 4.69) is 0 Å². The van der Waals surface area contributed by atoms with E-state index in [1.54, 1.807) is 19.9 Å². The van der Waals surface area contributed by atoms with E-state index in [4.69, 9.17) is 17.3 Å². The van der Waals surface area contributed by atoms with Gasteiger partial charge in [-0.1, -0.05) is 11.6 Å². The maximum atomic E-state index is 9.36. The van der Waals surface area contributed by atoms with Crippen LogP contribution in [0.15, 0.2) is 6.07 Å². The van der Waals surface area contributed by atoms with Crippen molar-refractivity contribution in [3.8, 4) is 5.75 Å². The van der Waals surface area contributed by atoms with Crippen LogP contribution in [-0.4, -0.2) is 5.11 Å². The van der Waals surface area contributed by atoms with Gasteiger partial charge in [-0.05, 0) is 25.5 Å². The lowest BCUT2D eigenvalue weighted by atomic mass is 10.1. The molecule has 0 aliphatic heterocycles. The summed E-state index contributed by atoms with van der Waals surface area (Å²) in [5, 5.41) is 9.74. The minimum Gasteiger partial charge on any atom is -0.506 e. The highest BCUT2D eigenvalue weighted by atomic mass is 35.5. The van der Waals surface area contributed by atoms with Gasteiger partial charge >= 0.3 is 0 Å². The lowest BCUT2D eigenvalue weighted by Gasteiger charge is -2.07. The zero-order valence-corrected chi connectivity index (χ0v) is 7.24. The fourth-order valence-corrected chi connectivity index (χ4v) is 1.09. The Morgan fingerprint density at radius 1 is 1.45 bits per heavy atom. The van der Waals surface area contributed by atoms with Crippen molar-refractivity contribution in [2.24, 2.45) is 0 Å². The molecule has 2 nitrogen and oxygen atoms in total. The Balaban J connectivity index is 3.46. The third-order valence-corrected chi connectivity index (χ3v) is 2.19. The lowest BCUT2D eigenvalue weighted by molar-refractivity contribution is 0.471. The van der Waals surface area contributed by atoms with Crippen molar-refractivity contribution in [2.75, 3.05) is 5.73 Å². The molecule has 60 valence electrons. The fourth-order valence-electron chi connectivity index (χ4n) is 0.893.